The molecule has 2 bridgehead atoms. The van der Waals surface area contributed by atoms with Crippen LogP contribution in [0.2, 0.25) is 0 Å². The van der Waals surface area contributed by atoms with Crippen LogP contribution in [0.4, 0.5) is 0 Å². The third kappa shape index (κ3) is 4.32. The fourth-order valence-electron chi connectivity index (χ4n) is 6.23. The standard InChI is InChI=1S/C27H29Br2N2O2/c1-2-19-15-31(14-18-9-21(28)13-22(29)10-18)8-6-20(19)12-26(31)27(33)23-5-7-30-25-4-3-17(16-32)11-24(23)25/h2-5,7,9-11,13,19-20,26-27,32-33H,1,6,8,12,14-16H2/q+1/t19?,20?,26-,27+,31?/m1/s1. The van der Waals surface area contributed by atoms with E-state index in [0.29, 0.717) is 11.8 Å². The number of pyridine rings is 1. The molecular formula is C27H29Br2N2O2+. The molecule has 3 saturated heterocycles. The topological polar surface area (TPSA) is 53.4 Å². The molecular weight excluding hydrogens is 544 g/mol. The summed E-state index contributed by atoms with van der Waals surface area (Å²) in [5.74, 6) is 1.05. The van der Waals surface area contributed by atoms with Crippen LogP contribution in [-0.2, 0) is 13.2 Å². The highest BCUT2D eigenvalue weighted by Gasteiger charge is 2.54. The molecule has 0 saturated carbocycles. The number of fused-ring (bicyclic) bond motifs is 4. The number of hydrogen-bond acceptors (Lipinski definition) is 3. The monoisotopic (exact) mass is 571 g/mol. The van der Waals surface area contributed by atoms with Gasteiger partial charge in [-0.15, -0.1) is 6.58 Å². The molecule has 3 aliphatic heterocycles. The van der Waals surface area contributed by atoms with E-state index in [1.54, 1.807) is 6.20 Å². The Morgan fingerprint density at radius 1 is 1.12 bits per heavy atom. The maximum absolute atomic E-state index is 11.9. The number of aromatic nitrogens is 1. The first kappa shape index (κ1) is 23.2. The van der Waals surface area contributed by atoms with E-state index in [1.165, 1.54) is 12.0 Å². The van der Waals surface area contributed by atoms with Crippen molar-refractivity contribution in [3.05, 3.63) is 87.0 Å². The van der Waals surface area contributed by atoms with Crippen molar-refractivity contribution in [3.63, 3.8) is 0 Å². The zero-order valence-corrected chi connectivity index (χ0v) is 21.7. The molecule has 0 spiro atoms. The van der Waals surface area contributed by atoms with E-state index in [4.69, 9.17) is 0 Å². The molecule has 1 aromatic heterocycles. The van der Waals surface area contributed by atoms with Gasteiger partial charge in [0.2, 0.25) is 0 Å². The Balaban J connectivity index is 1.57. The SMILES string of the molecule is C=CC1C[N+]2(Cc3cc(Br)cc(Br)c3)CCC1C[C@@H]2[C@@H](O)c1ccnc2ccc(CO)cc12. The maximum Gasteiger partial charge on any atom is 0.131 e. The van der Waals surface area contributed by atoms with Crippen molar-refractivity contribution in [2.75, 3.05) is 13.1 Å². The Hall–Kier alpha value is -1.57. The zero-order chi connectivity index (χ0) is 23.2. The molecule has 2 N–H and O–H groups in total. The van der Waals surface area contributed by atoms with E-state index in [0.717, 1.165) is 61.5 Å². The maximum atomic E-state index is 11.9. The minimum absolute atomic E-state index is 0.0232. The third-order valence-electron chi connectivity index (χ3n) is 7.80. The van der Waals surface area contributed by atoms with E-state index in [-0.39, 0.29) is 12.6 Å². The molecule has 3 aromatic rings. The molecule has 5 atom stereocenters. The first-order chi connectivity index (χ1) is 15.9. The second-order valence-electron chi connectivity index (χ2n) is 9.67. The number of quaternary nitrogens is 1. The summed E-state index contributed by atoms with van der Waals surface area (Å²) in [6.07, 6.45) is 5.47. The molecule has 3 aliphatic rings. The van der Waals surface area contributed by atoms with Crippen LogP contribution in [0.15, 0.2) is 70.3 Å². The Labute approximate surface area is 211 Å². The summed E-state index contributed by atoms with van der Waals surface area (Å²) in [7, 11) is 0. The Morgan fingerprint density at radius 3 is 2.64 bits per heavy atom. The second-order valence-corrected chi connectivity index (χ2v) is 11.5. The summed E-state index contributed by atoms with van der Waals surface area (Å²) in [6, 6.07) is 14.3. The molecule has 172 valence electrons. The number of rotatable bonds is 6. The number of hydrogen-bond donors (Lipinski definition) is 2. The molecule has 3 unspecified atom stereocenters. The summed E-state index contributed by atoms with van der Waals surface area (Å²) in [4.78, 5) is 4.50. The van der Waals surface area contributed by atoms with Gasteiger partial charge >= 0.3 is 0 Å². The lowest BCUT2D eigenvalue weighted by atomic mass is 9.71. The van der Waals surface area contributed by atoms with Crippen LogP contribution in [0.25, 0.3) is 10.9 Å². The zero-order valence-electron chi connectivity index (χ0n) is 18.5. The molecule has 2 aromatic carbocycles. The van der Waals surface area contributed by atoms with E-state index < -0.39 is 6.10 Å². The molecule has 0 radical (unpaired) electrons. The predicted octanol–water partition coefficient (Wildman–Crippen LogP) is 5.90. The number of halogens is 2. The van der Waals surface area contributed by atoms with Crippen LogP contribution in [0.3, 0.4) is 0 Å². The summed E-state index contributed by atoms with van der Waals surface area (Å²) in [5.41, 5.74) is 3.87. The molecule has 4 heterocycles. The van der Waals surface area contributed by atoms with Crippen LogP contribution in [0.5, 0.6) is 0 Å². The summed E-state index contributed by atoms with van der Waals surface area (Å²) in [5, 5.41) is 22.5. The lowest BCUT2D eigenvalue weighted by Gasteiger charge is -2.58. The Bertz CT molecular complexity index is 1180. The summed E-state index contributed by atoms with van der Waals surface area (Å²) < 4.78 is 2.98. The van der Waals surface area contributed by atoms with Gasteiger partial charge in [-0.05, 0) is 53.4 Å². The first-order valence-electron chi connectivity index (χ1n) is 11.5. The molecule has 0 aliphatic carbocycles. The van der Waals surface area contributed by atoms with Crippen LogP contribution in [0.1, 0.15) is 35.6 Å². The van der Waals surface area contributed by atoms with Crippen LogP contribution < -0.4 is 0 Å². The number of aliphatic hydroxyl groups excluding tert-OH is 2. The minimum atomic E-state index is -0.603. The quantitative estimate of drug-likeness (QED) is 0.286. The van der Waals surface area contributed by atoms with Crippen LogP contribution >= 0.6 is 31.9 Å². The number of benzene rings is 2. The molecule has 3 fully saturated rings. The van der Waals surface area contributed by atoms with Gasteiger partial charge in [0, 0.05) is 44.9 Å². The highest BCUT2D eigenvalue weighted by molar-refractivity contribution is 9.11. The van der Waals surface area contributed by atoms with Crippen LogP contribution in [-0.4, -0.2) is 38.8 Å². The Morgan fingerprint density at radius 2 is 1.91 bits per heavy atom. The van der Waals surface area contributed by atoms with Gasteiger partial charge in [0.1, 0.15) is 18.7 Å². The van der Waals surface area contributed by atoms with Crippen molar-refractivity contribution in [1.82, 2.24) is 4.98 Å². The molecule has 6 rings (SSSR count). The number of aliphatic hydroxyl groups is 2. The minimum Gasteiger partial charge on any atom is -0.392 e. The first-order valence-corrected chi connectivity index (χ1v) is 13.1. The fraction of sp³-hybridized carbons (Fsp3) is 0.370. The lowest BCUT2D eigenvalue weighted by molar-refractivity contribution is -0.984. The number of nitrogens with zero attached hydrogens (tertiary/aromatic N) is 2. The average molecular weight is 573 g/mol. The molecule has 4 nitrogen and oxygen atoms in total. The smallest absolute Gasteiger partial charge is 0.131 e. The van der Waals surface area contributed by atoms with Crippen LogP contribution in [0, 0.1) is 11.8 Å². The second kappa shape index (κ2) is 9.23. The normalized spacial score (nSPS) is 27.6. The average Bonchev–Trinajstić information content (AvgIpc) is 2.82. The van der Waals surface area contributed by atoms with Crippen molar-refractivity contribution >= 4 is 42.8 Å². The van der Waals surface area contributed by atoms with Crippen molar-refractivity contribution in [2.24, 2.45) is 11.8 Å². The highest BCUT2D eigenvalue weighted by atomic mass is 79.9. The van der Waals surface area contributed by atoms with E-state index in [1.807, 2.05) is 24.3 Å². The van der Waals surface area contributed by atoms with E-state index in [9.17, 15) is 10.2 Å². The van der Waals surface area contributed by atoms with Crippen molar-refractivity contribution in [3.8, 4) is 0 Å². The van der Waals surface area contributed by atoms with Crippen molar-refractivity contribution in [2.45, 2.75) is 38.1 Å². The van der Waals surface area contributed by atoms with Gasteiger partial charge < -0.3 is 14.7 Å². The molecule has 6 heteroatoms. The van der Waals surface area contributed by atoms with Gasteiger partial charge in [0.05, 0.1) is 25.2 Å². The Kier molecular flexibility index (Phi) is 6.49. The van der Waals surface area contributed by atoms with Crippen molar-refractivity contribution in [1.29, 1.82) is 0 Å². The van der Waals surface area contributed by atoms with Gasteiger partial charge in [-0.3, -0.25) is 4.98 Å². The van der Waals surface area contributed by atoms with E-state index in [2.05, 4.69) is 67.7 Å². The van der Waals surface area contributed by atoms with Gasteiger partial charge in [-0.1, -0.05) is 44.0 Å². The van der Waals surface area contributed by atoms with Gasteiger partial charge in [0.25, 0.3) is 0 Å². The predicted molar refractivity (Wildman–Crippen MR) is 138 cm³/mol. The summed E-state index contributed by atoms with van der Waals surface area (Å²) in [6.45, 7) is 7.06. The van der Waals surface area contributed by atoms with Gasteiger partial charge in [-0.25, -0.2) is 0 Å². The lowest BCUT2D eigenvalue weighted by Crippen LogP contribution is -2.67. The molecule has 0 amide bonds. The fourth-order valence-corrected chi connectivity index (χ4v) is 7.61. The third-order valence-corrected chi connectivity index (χ3v) is 8.72. The van der Waals surface area contributed by atoms with Gasteiger partial charge in [0.15, 0.2) is 0 Å². The largest absolute Gasteiger partial charge is 0.392 e. The van der Waals surface area contributed by atoms with E-state index >= 15 is 0 Å². The van der Waals surface area contributed by atoms with Gasteiger partial charge in [-0.2, -0.15) is 0 Å². The molecule has 33 heavy (non-hydrogen) atoms. The van der Waals surface area contributed by atoms with Crippen molar-refractivity contribution < 1.29 is 14.7 Å². The summed E-state index contributed by atoms with van der Waals surface area (Å²) >= 11 is 7.29. The highest BCUT2D eigenvalue weighted by Crippen LogP contribution is 2.48. The number of piperidine rings is 3.